The molecular formula is C16H17BrFNO2. The van der Waals surface area contributed by atoms with Gasteiger partial charge in [-0.25, -0.2) is 4.39 Å². The maximum absolute atomic E-state index is 13.5. The Morgan fingerprint density at radius 1 is 1.19 bits per heavy atom. The van der Waals surface area contributed by atoms with Crippen LogP contribution in [0.25, 0.3) is 0 Å². The lowest BCUT2D eigenvalue weighted by atomic mass is 10.2. The molecule has 0 heterocycles. The van der Waals surface area contributed by atoms with E-state index in [2.05, 4.69) is 21.2 Å². The lowest BCUT2D eigenvalue weighted by Gasteiger charge is -2.13. The van der Waals surface area contributed by atoms with Crippen LogP contribution in [0, 0.1) is 12.7 Å². The Balaban J connectivity index is 1.89. The van der Waals surface area contributed by atoms with Gasteiger partial charge in [0.2, 0.25) is 0 Å². The second-order valence-corrected chi connectivity index (χ2v) is 5.36. The Labute approximate surface area is 132 Å². The Bertz CT molecular complexity index is 619. The molecule has 0 saturated carbocycles. The van der Waals surface area contributed by atoms with E-state index in [1.54, 1.807) is 13.2 Å². The summed E-state index contributed by atoms with van der Waals surface area (Å²) in [5, 5.41) is 3.16. The van der Waals surface area contributed by atoms with Crippen LogP contribution < -0.4 is 14.8 Å². The molecule has 0 atom stereocenters. The Hall–Kier alpha value is -1.75. The minimum atomic E-state index is -0.284. The normalized spacial score (nSPS) is 10.3. The van der Waals surface area contributed by atoms with Gasteiger partial charge in [0, 0.05) is 12.2 Å². The summed E-state index contributed by atoms with van der Waals surface area (Å²) in [7, 11) is 1.61. The van der Waals surface area contributed by atoms with Gasteiger partial charge < -0.3 is 14.8 Å². The lowest BCUT2D eigenvalue weighted by Crippen LogP contribution is -2.12. The van der Waals surface area contributed by atoms with Gasteiger partial charge in [0.1, 0.15) is 12.4 Å². The summed E-state index contributed by atoms with van der Waals surface area (Å²) in [6, 6.07) is 10.7. The van der Waals surface area contributed by atoms with Crippen molar-refractivity contribution in [2.75, 3.05) is 25.6 Å². The largest absolute Gasteiger partial charge is 0.493 e. The van der Waals surface area contributed by atoms with E-state index in [9.17, 15) is 4.39 Å². The molecule has 0 amide bonds. The predicted octanol–water partition coefficient (Wildman–Crippen LogP) is 4.40. The topological polar surface area (TPSA) is 30.5 Å². The van der Waals surface area contributed by atoms with Gasteiger partial charge in [0.25, 0.3) is 0 Å². The molecule has 0 aliphatic carbocycles. The molecule has 2 rings (SSSR count). The fraction of sp³-hybridized carbons (Fsp3) is 0.250. The minimum absolute atomic E-state index is 0.284. The van der Waals surface area contributed by atoms with Crippen molar-refractivity contribution in [1.29, 1.82) is 0 Å². The summed E-state index contributed by atoms with van der Waals surface area (Å²) in [5.74, 6) is 1.11. The molecule has 0 aromatic heterocycles. The number of rotatable bonds is 6. The van der Waals surface area contributed by atoms with Gasteiger partial charge in [-0.3, -0.25) is 0 Å². The molecule has 0 aliphatic heterocycles. The second kappa shape index (κ2) is 7.31. The summed E-state index contributed by atoms with van der Waals surface area (Å²) in [5.41, 5.74) is 1.74. The number of halogens is 2. The molecule has 3 nitrogen and oxygen atoms in total. The first-order valence-corrected chi connectivity index (χ1v) is 7.36. The molecular weight excluding hydrogens is 337 g/mol. The Kier molecular flexibility index (Phi) is 5.44. The average molecular weight is 354 g/mol. The summed E-state index contributed by atoms with van der Waals surface area (Å²) >= 11 is 3.17. The number of nitrogens with one attached hydrogen (secondary N) is 1. The third kappa shape index (κ3) is 4.11. The highest BCUT2D eigenvalue weighted by atomic mass is 79.9. The first kappa shape index (κ1) is 15.6. The van der Waals surface area contributed by atoms with Gasteiger partial charge in [0.15, 0.2) is 11.5 Å². The second-order valence-electron chi connectivity index (χ2n) is 4.51. The van der Waals surface area contributed by atoms with Crippen LogP contribution in [0.4, 0.5) is 10.1 Å². The van der Waals surface area contributed by atoms with Crippen LogP contribution >= 0.6 is 15.9 Å². The molecule has 0 aliphatic rings. The van der Waals surface area contributed by atoms with Crippen LogP contribution in [0.3, 0.4) is 0 Å². The van der Waals surface area contributed by atoms with E-state index in [0.29, 0.717) is 29.1 Å². The van der Waals surface area contributed by atoms with Crippen LogP contribution in [0.15, 0.2) is 40.9 Å². The average Bonchev–Trinajstić information content (AvgIpc) is 2.49. The zero-order valence-corrected chi connectivity index (χ0v) is 13.5. The van der Waals surface area contributed by atoms with Crippen molar-refractivity contribution >= 4 is 21.6 Å². The molecule has 0 saturated heterocycles. The summed E-state index contributed by atoms with van der Waals surface area (Å²) in [6.45, 7) is 2.95. The zero-order chi connectivity index (χ0) is 15.2. The molecule has 0 fully saturated rings. The summed E-state index contributed by atoms with van der Waals surface area (Å²) < 4.78 is 24.8. The van der Waals surface area contributed by atoms with Gasteiger partial charge in [-0.2, -0.15) is 0 Å². The molecule has 2 aromatic rings. The van der Waals surface area contributed by atoms with Crippen molar-refractivity contribution in [1.82, 2.24) is 0 Å². The SMILES string of the molecule is COc1ccccc1OCCNc1cc(F)c(Br)cc1C. The third-order valence-corrected chi connectivity index (χ3v) is 3.62. The van der Waals surface area contributed by atoms with Crippen LogP contribution in [0.2, 0.25) is 0 Å². The van der Waals surface area contributed by atoms with Crippen molar-refractivity contribution < 1.29 is 13.9 Å². The number of hydrogen-bond acceptors (Lipinski definition) is 3. The Morgan fingerprint density at radius 2 is 1.90 bits per heavy atom. The maximum Gasteiger partial charge on any atom is 0.161 e. The lowest BCUT2D eigenvalue weighted by molar-refractivity contribution is 0.306. The molecule has 5 heteroatoms. The van der Waals surface area contributed by atoms with E-state index in [1.807, 2.05) is 31.2 Å². The predicted molar refractivity (Wildman–Crippen MR) is 85.8 cm³/mol. The number of benzene rings is 2. The van der Waals surface area contributed by atoms with Crippen molar-refractivity contribution in [3.8, 4) is 11.5 Å². The molecule has 21 heavy (non-hydrogen) atoms. The molecule has 1 N–H and O–H groups in total. The van der Waals surface area contributed by atoms with Crippen molar-refractivity contribution in [3.05, 3.63) is 52.3 Å². The van der Waals surface area contributed by atoms with Crippen LogP contribution in [0.5, 0.6) is 11.5 Å². The fourth-order valence-corrected chi connectivity index (χ4v) is 2.38. The first-order valence-electron chi connectivity index (χ1n) is 6.57. The third-order valence-electron chi connectivity index (χ3n) is 3.01. The van der Waals surface area contributed by atoms with Gasteiger partial charge in [0.05, 0.1) is 11.6 Å². The minimum Gasteiger partial charge on any atom is -0.493 e. The van der Waals surface area contributed by atoms with Gasteiger partial charge in [-0.15, -0.1) is 0 Å². The van der Waals surface area contributed by atoms with E-state index in [-0.39, 0.29) is 5.82 Å². The summed E-state index contributed by atoms with van der Waals surface area (Å²) in [4.78, 5) is 0. The van der Waals surface area contributed by atoms with Crippen LogP contribution in [-0.2, 0) is 0 Å². The molecule has 2 aromatic carbocycles. The van der Waals surface area contributed by atoms with E-state index < -0.39 is 0 Å². The monoisotopic (exact) mass is 353 g/mol. The van der Waals surface area contributed by atoms with Gasteiger partial charge in [-0.05, 0) is 52.7 Å². The fourth-order valence-electron chi connectivity index (χ4n) is 1.92. The highest BCUT2D eigenvalue weighted by molar-refractivity contribution is 9.10. The quantitative estimate of drug-likeness (QED) is 0.781. The highest BCUT2D eigenvalue weighted by Crippen LogP contribution is 2.26. The number of ether oxygens (including phenoxy) is 2. The van der Waals surface area contributed by atoms with E-state index in [4.69, 9.17) is 9.47 Å². The van der Waals surface area contributed by atoms with E-state index in [0.717, 1.165) is 11.3 Å². The molecule has 0 bridgehead atoms. The first-order chi connectivity index (χ1) is 10.1. The van der Waals surface area contributed by atoms with Crippen LogP contribution in [0.1, 0.15) is 5.56 Å². The smallest absolute Gasteiger partial charge is 0.161 e. The van der Waals surface area contributed by atoms with Crippen molar-refractivity contribution in [2.24, 2.45) is 0 Å². The van der Waals surface area contributed by atoms with Gasteiger partial charge in [-0.1, -0.05) is 12.1 Å². The Morgan fingerprint density at radius 3 is 2.62 bits per heavy atom. The van der Waals surface area contributed by atoms with Crippen molar-refractivity contribution in [3.63, 3.8) is 0 Å². The van der Waals surface area contributed by atoms with E-state index in [1.165, 1.54) is 6.07 Å². The number of para-hydroxylation sites is 2. The number of anilines is 1. The highest BCUT2D eigenvalue weighted by Gasteiger charge is 2.05. The van der Waals surface area contributed by atoms with Gasteiger partial charge >= 0.3 is 0 Å². The van der Waals surface area contributed by atoms with Crippen molar-refractivity contribution in [2.45, 2.75) is 6.92 Å². The number of aryl methyl sites for hydroxylation is 1. The molecule has 0 spiro atoms. The van der Waals surface area contributed by atoms with Crippen LogP contribution in [-0.4, -0.2) is 20.3 Å². The zero-order valence-electron chi connectivity index (χ0n) is 12.0. The van der Waals surface area contributed by atoms with E-state index >= 15 is 0 Å². The number of methoxy groups -OCH3 is 1. The molecule has 0 unspecified atom stereocenters. The summed E-state index contributed by atoms with van der Waals surface area (Å²) in [6.07, 6.45) is 0. The molecule has 112 valence electrons. The standard InChI is InChI=1S/C16H17BrFNO2/c1-11-9-12(17)13(18)10-14(11)19-7-8-21-16-6-4-3-5-15(16)20-2/h3-6,9-10,19H,7-8H2,1-2H3. The maximum atomic E-state index is 13.5. The molecule has 0 radical (unpaired) electrons. The number of hydrogen-bond donors (Lipinski definition) is 1.